The van der Waals surface area contributed by atoms with Crippen molar-refractivity contribution >= 4 is 17.0 Å². The molecule has 2 N–H and O–H groups in total. The maximum atomic E-state index is 13.4. The zero-order chi connectivity index (χ0) is 14.4. The summed E-state index contributed by atoms with van der Waals surface area (Å²) in [6.07, 6.45) is 0. The second kappa shape index (κ2) is 4.29. The standard InChI is InChI=1S/C13H12F2N4O/c1-6-8(7(2)20-18-6)5-19-12-4-10(15)9(14)3-11(12)17-13(19)16/h3-4H,5H2,1-2H3,(H2,16,17). The Hall–Kier alpha value is -2.44. The Labute approximate surface area is 113 Å². The van der Waals surface area contributed by atoms with Gasteiger partial charge in [-0.25, -0.2) is 13.8 Å². The Kier molecular flexibility index (Phi) is 2.70. The van der Waals surface area contributed by atoms with Gasteiger partial charge in [0, 0.05) is 17.7 Å². The highest BCUT2D eigenvalue weighted by molar-refractivity contribution is 5.78. The average Bonchev–Trinajstić information content (AvgIpc) is 2.85. The number of imidazole rings is 1. The molecule has 0 amide bonds. The van der Waals surface area contributed by atoms with Crippen LogP contribution in [0.3, 0.4) is 0 Å². The van der Waals surface area contributed by atoms with Gasteiger partial charge in [0.1, 0.15) is 5.76 Å². The van der Waals surface area contributed by atoms with Crippen molar-refractivity contribution < 1.29 is 13.3 Å². The van der Waals surface area contributed by atoms with Crippen LogP contribution in [0.2, 0.25) is 0 Å². The highest BCUT2D eigenvalue weighted by Gasteiger charge is 2.16. The maximum Gasteiger partial charge on any atom is 0.201 e. The van der Waals surface area contributed by atoms with E-state index < -0.39 is 11.6 Å². The van der Waals surface area contributed by atoms with Crippen LogP contribution in [0, 0.1) is 25.5 Å². The number of rotatable bonds is 2. The molecule has 104 valence electrons. The number of hydrogen-bond donors (Lipinski definition) is 1. The van der Waals surface area contributed by atoms with E-state index in [0.29, 0.717) is 23.3 Å². The SMILES string of the molecule is Cc1noc(C)c1Cn1c(N)nc2cc(F)c(F)cc21. The summed E-state index contributed by atoms with van der Waals surface area (Å²) in [5.41, 5.74) is 8.15. The van der Waals surface area contributed by atoms with Crippen LogP contribution >= 0.6 is 0 Å². The molecule has 3 aromatic rings. The number of aromatic nitrogens is 3. The molecule has 0 spiro atoms. The summed E-state index contributed by atoms with van der Waals surface area (Å²) >= 11 is 0. The number of benzene rings is 1. The van der Waals surface area contributed by atoms with Crippen LogP contribution in [0.4, 0.5) is 14.7 Å². The highest BCUT2D eigenvalue weighted by atomic mass is 19.2. The van der Waals surface area contributed by atoms with Gasteiger partial charge in [0.2, 0.25) is 5.95 Å². The summed E-state index contributed by atoms with van der Waals surface area (Å²) in [7, 11) is 0. The molecule has 0 aliphatic rings. The lowest BCUT2D eigenvalue weighted by Gasteiger charge is -2.06. The van der Waals surface area contributed by atoms with Gasteiger partial charge in [0.25, 0.3) is 0 Å². The lowest BCUT2D eigenvalue weighted by atomic mass is 10.2. The van der Waals surface area contributed by atoms with Gasteiger partial charge in [-0.15, -0.1) is 0 Å². The fourth-order valence-electron chi connectivity index (χ4n) is 2.19. The van der Waals surface area contributed by atoms with E-state index >= 15 is 0 Å². The van der Waals surface area contributed by atoms with Gasteiger partial charge in [-0.3, -0.25) is 0 Å². The van der Waals surface area contributed by atoms with Gasteiger partial charge in [-0.1, -0.05) is 5.16 Å². The maximum absolute atomic E-state index is 13.4. The van der Waals surface area contributed by atoms with E-state index in [-0.39, 0.29) is 5.95 Å². The van der Waals surface area contributed by atoms with Crippen molar-refractivity contribution in [2.75, 3.05) is 5.73 Å². The van der Waals surface area contributed by atoms with Crippen LogP contribution in [-0.4, -0.2) is 14.7 Å². The first-order chi connectivity index (χ1) is 9.47. The molecule has 7 heteroatoms. The van der Waals surface area contributed by atoms with Crippen molar-refractivity contribution in [3.8, 4) is 0 Å². The molecule has 1 aromatic carbocycles. The van der Waals surface area contributed by atoms with Crippen molar-refractivity contribution in [2.24, 2.45) is 0 Å². The molecule has 2 aromatic heterocycles. The summed E-state index contributed by atoms with van der Waals surface area (Å²) < 4.78 is 33.3. The molecule has 2 heterocycles. The summed E-state index contributed by atoms with van der Waals surface area (Å²) in [6, 6.07) is 2.12. The Morgan fingerprint density at radius 2 is 1.95 bits per heavy atom. The average molecular weight is 278 g/mol. The number of nitrogen functional groups attached to an aromatic ring is 1. The number of anilines is 1. The molecule has 0 aliphatic heterocycles. The monoisotopic (exact) mass is 278 g/mol. The Bertz CT molecular complexity index is 787. The zero-order valence-electron chi connectivity index (χ0n) is 10.9. The van der Waals surface area contributed by atoms with Crippen molar-refractivity contribution in [1.29, 1.82) is 0 Å². The van der Waals surface area contributed by atoms with E-state index in [1.54, 1.807) is 18.4 Å². The van der Waals surface area contributed by atoms with Gasteiger partial charge >= 0.3 is 0 Å². The highest BCUT2D eigenvalue weighted by Crippen LogP contribution is 2.24. The van der Waals surface area contributed by atoms with Crippen LogP contribution in [0.1, 0.15) is 17.0 Å². The van der Waals surface area contributed by atoms with Gasteiger partial charge < -0.3 is 14.8 Å². The summed E-state index contributed by atoms with van der Waals surface area (Å²) in [5, 5.41) is 3.85. The fourth-order valence-corrected chi connectivity index (χ4v) is 2.19. The van der Waals surface area contributed by atoms with Gasteiger partial charge in [0.05, 0.1) is 23.3 Å². The van der Waals surface area contributed by atoms with Crippen molar-refractivity contribution in [3.63, 3.8) is 0 Å². The second-order valence-electron chi connectivity index (χ2n) is 4.61. The van der Waals surface area contributed by atoms with Crippen LogP contribution in [-0.2, 0) is 6.54 Å². The molecule has 0 bridgehead atoms. The number of fused-ring (bicyclic) bond motifs is 1. The molecule has 5 nitrogen and oxygen atoms in total. The molecule has 3 rings (SSSR count). The molecule has 20 heavy (non-hydrogen) atoms. The Morgan fingerprint density at radius 3 is 2.60 bits per heavy atom. The van der Waals surface area contributed by atoms with Crippen LogP contribution in [0.5, 0.6) is 0 Å². The first kappa shape index (κ1) is 12.6. The fraction of sp³-hybridized carbons (Fsp3) is 0.231. The third-order valence-corrected chi connectivity index (χ3v) is 3.32. The lowest BCUT2D eigenvalue weighted by molar-refractivity contribution is 0.392. The van der Waals surface area contributed by atoms with Crippen LogP contribution < -0.4 is 5.73 Å². The van der Waals surface area contributed by atoms with E-state index in [0.717, 1.165) is 23.4 Å². The van der Waals surface area contributed by atoms with Crippen molar-refractivity contribution in [3.05, 3.63) is 40.8 Å². The van der Waals surface area contributed by atoms with E-state index in [9.17, 15) is 8.78 Å². The zero-order valence-corrected chi connectivity index (χ0v) is 10.9. The Balaban J connectivity index is 2.16. The molecule has 0 fully saturated rings. The molecule has 0 aliphatic carbocycles. The molecule has 0 saturated carbocycles. The molecule has 0 saturated heterocycles. The van der Waals surface area contributed by atoms with Crippen molar-refractivity contribution in [1.82, 2.24) is 14.7 Å². The van der Waals surface area contributed by atoms with E-state index in [1.807, 2.05) is 0 Å². The molecular formula is C13H12F2N4O. The molecule has 0 unspecified atom stereocenters. The van der Waals surface area contributed by atoms with Gasteiger partial charge in [-0.2, -0.15) is 0 Å². The minimum atomic E-state index is -0.945. The van der Waals surface area contributed by atoms with E-state index in [1.165, 1.54) is 0 Å². The quantitative estimate of drug-likeness (QED) is 0.782. The molecule has 0 radical (unpaired) electrons. The second-order valence-corrected chi connectivity index (χ2v) is 4.61. The number of aryl methyl sites for hydroxylation is 2. The summed E-state index contributed by atoms with van der Waals surface area (Å²) in [5.74, 6) is -1.03. The third-order valence-electron chi connectivity index (χ3n) is 3.32. The predicted octanol–water partition coefficient (Wildman–Crippen LogP) is 2.55. The molecule has 0 atom stereocenters. The first-order valence-electron chi connectivity index (χ1n) is 6.00. The normalized spacial score (nSPS) is 11.4. The molecular weight excluding hydrogens is 266 g/mol. The summed E-state index contributed by atoms with van der Waals surface area (Å²) in [4.78, 5) is 4.04. The van der Waals surface area contributed by atoms with Crippen LogP contribution in [0.25, 0.3) is 11.0 Å². The summed E-state index contributed by atoms with van der Waals surface area (Å²) in [6.45, 7) is 3.93. The van der Waals surface area contributed by atoms with Gasteiger partial charge in [0.15, 0.2) is 11.6 Å². The largest absolute Gasteiger partial charge is 0.369 e. The lowest BCUT2D eigenvalue weighted by Crippen LogP contribution is -2.06. The minimum Gasteiger partial charge on any atom is -0.369 e. The number of halogens is 2. The first-order valence-corrected chi connectivity index (χ1v) is 6.00. The third kappa shape index (κ3) is 1.82. The number of nitrogens with two attached hydrogens (primary N) is 1. The Morgan fingerprint density at radius 1 is 1.25 bits per heavy atom. The number of nitrogens with zero attached hydrogens (tertiary/aromatic N) is 3. The van der Waals surface area contributed by atoms with Crippen LogP contribution in [0.15, 0.2) is 16.7 Å². The van der Waals surface area contributed by atoms with Crippen molar-refractivity contribution in [2.45, 2.75) is 20.4 Å². The van der Waals surface area contributed by atoms with E-state index in [2.05, 4.69) is 10.1 Å². The number of hydrogen-bond acceptors (Lipinski definition) is 4. The minimum absolute atomic E-state index is 0.185. The van der Waals surface area contributed by atoms with Gasteiger partial charge in [-0.05, 0) is 13.8 Å². The smallest absolute Gasteiger partial charge is 0.201 e. The van der Waals surface area contributed by atoms with E-state index in [4.69, 9.17) is 10.3 Å². The topological polar surface area (TPSA) is 69.9 Å². The predicted molar refractivity (Wildman–Crippen MR) is 69.1 cm³/mol.